The number of nitrogens with zero attached hydrogens (tertiary/aromatic N) is 1. The van der Waals surface area contributed by atoms with Crippen LogP contribution in [0.1, 0.15) is 46.5 Å². The van der Waals surface area contributed by atoms with Gasteiger partial charge in [-0.3, -0.25) is 9.59 Å². The van der Waals surface area contributed by atoms with Crippen LogP contribution in [0.4, 0.5) is 5.69 Å². The molecular formula is C19H26N2O5. The van der Waals surface area contributed by atoms with Gasteiger partial charge in [-0.15, -0.1) is 0 Å². The smallest absolute Gasteiger partial charge is 0.326 e. The van der Waals surface area contributed by atoms with E-state index >= 15 is 0 Å². The van der Waals surface area contributed by atoms with Crippen LogP contribution in [0.15, 0.2) is 24.3 Å². The normalized spacial score (nSPS) is 16.4. The maximum absolute atomic E-state index is 12.7. The summed E-state index contributed by atoms with van der Waals surface area (Å²) in [6, 6.07) is 6.27. The second-order valence-corrected chi connectivity index (χ2v) is 6.89. The summed E-state index contributed by atoms with van der Waals surface area (Å²) < 4.78 is 5.74. The molecule has 0 saturated carbocycles. The van der Waals surface area contributed by atoms with Gasteiger partial charge in [0.15, 0.2) is 5.60 Å². The highest BCUT2D eigenvalue weighted by atomic mass is 16.5. The molecule has 1 aliphatic heterocycles. The van der Waals surface area contributed by atoms with Crippen LogP contribution in [-0.2, 0) is 14.4 Å². The van der Waals surface area contributed by atoms with E-state index in [1.54, 1.807) is 32.0 Å². The van der Waals surface area contributed by atoms with Gasteiger partial charge in [0.05, 0.1) is 5.69 Å². The Hall–Kier alpha value is -2.57. The lowest BCUT2D eigenvalue weighted by atomic mass is 10.0. The number of fused-ring (bicyclic) bond motifs is 1. The van der Waals surface area contributed by atoms with Gasteiger partial charge in [0.25, 0.3) is 5.91 Å². The predicted molar refractivity (Wildman–Crippen MR) is 97.2 cm³/mol. The van der Waals surface area contributed by atoms with Crippen LogP contribution in [0, 0.1) is 0 Å². The summed E-state index contributed by atoms with van der Waals surface area (Å²) in [6.07, 6.45) is 1.99. The van der Waals surface area contributed by atoms with E-state index in [9.17, 15) is 19.5 Å². The lowest BCUT2D eigenvalue weighted by molar-refractivity contribution is -0.142. The number of carboxylic acid groups (broad SMARTS) is 1. The highest BCUT2D eigenvalue weighted by Crippen LogP contribution is 2.37. The van der Waals surface area contributed by atoms with E-state index in [0.717, 1.165) is 12.8 Å². The molecule has 1 aliphatic rings. The average Bonchev–Trinajstić information content (AvgIpc) is 2.58. The predicted octanol–water partition coefficient (Wildman–Crippen LogP) is 2.34. The van der Waals surface area contributed by atoms with E-state index in [2.05, 4.69) is 5.32 Å². The van der Waals surface area contributed by atoms with Crippen molar-refractivity contribution >= 4 is 23.5 Å². The number of anilines is 1. The van der Waals surface area contributed by atoms with Crippen molar-refractivity contribution < 1.29 is 24.2 Å². The number of carboxylic acids is 1. The van der Waals surface area contributed by atoms with Gasteiger partial charge in [-0.05, 0) is 32.4 Å². The number of ether oxygens (including phenoxy) is 1. The SMILES string of the molecule is CCCCC(NC(=O)CCN1C(=O)C(C)(C)Oc2ccccc21)C(=O)O. The molecule has 2 amide bonds. The zero-order chi connectivity index (χ0) is 19.3. The Morgan fingerprint density at radius 3 is 2.65 bits per heavy atom. The molecule has 0 aliphatic carbocycles. The summed E-state index contributed by atoms with van der Waals surface area (Å²) in [5.41, 5.74) is -0.402. The van der Waals surface area contributed by atoms with Gasteiger partial charge in [-0.2, -0.15) is 0 Å². The minimum atomic E-state index is -1.04. The van der Waals surface area contributed by atoms with Crippen LogP contribution < -0.4 is 15.0 Å². The van der Waals surface area contributed by atoms with Crippen LogP contribution in [0.5, 0.6) is 5.75 Å². The molecule has 0 aromatic heterocycles. The van der Waals surface area contributed by atoms with Crippen molar-refractivity contribution in [2.24, 2.45) is 0 Å². The van der Waals surface area contributed by atoms with E-state index < -0.39 is 17.6 Å². The number of hydrogen-bond acceptors (Lipinski definition) is 4. The fraction of sp³-hybridized carbons (Fsp3) is 0.526. The number of rotatable bonds is 8. The number of benzene rings is 1. The standard InChI is InChI=1S/C19H26N2O5/c1-4-5-8-13(17(23)24)20-16(22)11-12-21-14-9-6-7-10-15(14)26-19(2,3)18(21)25/h6-7,9-10,13H,4-5,8,11-12H2,1-3H3,(H,20,22)(H,23,24). The molecule has 1 aromatic carbocycles. The van der Waals surface area contributed by atoms with Crippen molar-refractivity contribution in [3.8, 4) is 5.75 Å². The molecule has 1 unspecified atom stereocenters. The van der Waals surface area contributed by atoms with Crippen LogP contribution in [-0.4, -0.2) is 41.1 Å². The number of carbonyl (C=O) groups is 3. The molecule has 7 nitrogen and oxygen atoms in total. The zero-order valence-electron chi connectivity index (χ0n) is 15.4. The van der Waals surface area contributed by atoms with Crippen molar-refractivity contribution in [1.29, 1.82) is 0 Å². The molecule has 1 aromatic rings. The molecule has 0 radical (unpaired) electrons. The fourth-order valence-electron chi connectivity index (χ4n) is 2.89. The van der Waals surface area contributed by atoms with Gasteiger partial charge in [0.2, 0.25) is 5.91 Å². The van der Waals surface area contributed by atoms with Gasteiger partial charge >= 0.3 is 5.97 Å². The highest BCUT2D eigenvalue weighted by Gasteiger charge is 2.40. The van der Waals surface area contributed by atoms with Crippen LogP contribution in [0.2, 0.25) is 0 Å². The van der Waals surface area contributed by atoms with E-state index in [-0.39, 0.29) is 24.8 Å². The number of unbranched alkanes of at least 4 members (excludes halogenated alkanes) is 1. The van der Waals surface area contributed by atoms with Crippen molar-refractivity contribution in [2.45, 2.75) is 58.1 Å². The molecule has 2 N–H and O–H groups in total. The summed E-state index contributed by atoms with van der Waals surface area (Å²) in [7, 11) is 0. The third-order valence-electron chi connectivity index (χ3n) is 4.32. The second-order valence-electron chi connectivity index (χ2n) is 6.89. The Labute approximate surface area is 153 Å². The number of hydrogen-bond donors (Lipinski definition) is 2. The fourth-order valence-corrected chi connectivity index (χ4v) is 2.89. The molecule has 0 spiro atoms. The minimum Gasteiger partial charge on any atom is -0.480 e. The summed E-state index contributed by atoms with van der Waals surface area (Å²) in [5, 5.41) is 11.8. The lowest BCUT2D eigenvalue weighted by Gasteiger charge is -2.38. The van der Waals surface area contributed by atoms with Gasteiger partial charge in [-0.1, -0.05) is 31.9 Å². The number of aliphatic carboxylic acids is 1. The number of carbonyl (C=O) groups excluding carboxylic acids is 2. The Morgan fingerprint density at radius 1 is 1.31 bits per heavy atom. The van der Waals surface area contributed by atoms with Crippen molar-refractivity contribution in [1.82, 2.24) is 5.32 Å². The van der Waals surface area contributed by atoms with Crippen LogP contribution in [0.3, 0.4) is 0 Å². The van der Waals surface area contributed by atoms with Crippen molar-refractivity contribution in [2.75, 3.05) is 11.4 Å². The van der Waals surface area contributed by atoms with Crippen LogP contribution >= 0.6 is 0 Å². The topological polar surface area (TPSA) is 95.9 Å². The largest absolute Gasteiger partial charge is 0.480 e. The lowest BCUT2D eigenvalue weighted by Crippen LogP contribution is -2.53. The number of para-hydroxylation sites is 2. The maximum Gasteiger partial charge on any atom is 0.326 e. The molecule has 0 saturated heterocycles. The highest BCUT2D eigenvalue weighted by molar-refractivity contribution is 6.02. The van der Waals surface area contributed by atoms with Gasteiger partial charge < -0.3 is 20.1 Å². The quantitative estimate of drug-likeness (QED) is 0.740. The monoisotopic (exact) mass is 362 g/mol. The molecule has 1 heterocycles. The van der Waals surface area contributed by atoms with Crippen molar-refractivity contribution in [3.63, 3.8) is 0 Å². The third-order valence-corrected chi connectivity index (χ3v) is 4.32. The Kier molecular flexibility index (Phi) is 6.23. The van der Waals surface area contributed by atoms with Crippen LogP contribution in [0.25, 0.3) is 0 Å². The van der Waals surface area contributed by atoms with E-state index in [1.807, 2.05) is 13.0 Å². The molecule has 26 heavy (non-hydrogen) atoms. The van der Waals surface area contributed by atoms with E-state index in [1.165, 1.54) is 4.90 Å². The number of amides is 2. The Balaban J connectivity index is 2.04. The summed E-state index contributed by atoms with van der Waals surface area (Å²) in [5.74, 6) is -1.07. The molecule has 1 atom stereocenters. The first-order valence-electron chi connectivity index (χ1n) is 8.88. The van der Waals surface area contributed by atoms with Gasteiger partial charge in [0, 0.05) is 13.0 Å². The molecule has 0 fully saturated rings. The van der Waals surface area contributed by atoms with Crippen molar-refractivity contribution in [3.05, 3.63) is 24.3 Å². The average molecular weight is 362 g/mol. The molecule has 7 heteroatoms. The molecule has 0 bridgehead atoms. The summed E-state index contributed by atoms with van der Waals surface area (Å²) in [6.45, 7) is 5.49. The second kappa shape index (κ2) is 8.21. The number of nitrogens with one attached hydrogen (secondary N) is 1. The first-order valence-corrected chi connectivity index (χ1v) is 8.88. The summed E-state index contributed by atoms with van der Waals surface area (Å²) >= 11 is 0. The van der Waals surface area contributed by atoms with Gasteiger partial charge in [-0.25, -0.2) is 4.79 Å². The minimum absolute atomic E-state index is 0.0199. The maximum atomic E-state index is 12.7. The first kappa shape index (κ1) is 19.8. The molecule has 2 rings (SSSR count). The third kappa shape index (κ3) is 4.53. The van der Waals surface area contributed by atoms with E-state index in [4.69, 9.17) is 4.74 Å². The Bertz CT molecular complexity index is 686. The van der Waals surface area contributed by atoms with E-state index in [0.29, 0.717) is 17.9 Å². The van der Waals surface area contributed by atoms with Gasteiger partial charge in [0.1, 0.15) is 11.8 Å². The molecular weight excluding hydrogens is 336 g/mol. The zero-order valence-corrected chi connectivity index (χ0v) is 15.4. The first-order chi connectivity index (χ1) is 12.3. The molecule has 142 valence electrons. The Morgan fingerprint density at radius 2 is 2.00 bits per heavy atom. The summed E-state index contributed by atoms with van der Waals surface area (Å²) in [4.78, 5) is 37.6.